The van der Waals surface area contributed by atoms with Crippen molar-refractivity contribution in [1.29, 1.82) is 5.26 Å². The van der Waals surface area contributed by atoms with Gasteiger partial charge >= 0.3 is 0 Å². The molecule has 0 fully saturated rings. The van der Waals surface area contributed by atoms with E-state index in [4.69, 9.17) is 0 Å². The van der Waals surface area contributed by atoms with Crippen molar-refractivity contribution in [3.8, 4) is 6.07 Å². The Bertz CT molecular complexity index is 863. The van der Waals surface area contributed by atoms with E-state index in [1.165, 1.54) is 0 Å². The van der Waals surface area contributed by atoms with E-state index >= 15 is 0 Å². The minimum absolute atomic E-state index is 0.151. The van der Waals surface area contributed by atoms with Crippen LogP contribution in [0.3, 0.4) is 0 Å². The molecule has 0 aliphatic rings. The molecule has 0 saturated heterocycles. The largest absolute Gasteiger partial charge is 0.288 e. The van der Waals surface area contributed by atoms with Crippen LogP contribution in [0.25, 0.3) is 5.57 Å². The Hall–Kier alpha value is -3.44. The number of nitriles is 1. The van der Waals surface area contributed by atoms with Crippen LogP contribution >= 0.6 is 0 Å². The Morgan fingerprint density at radius 1 is 0.625 bits per heavy atom. The molecule has 0 saturated carbocycles. The fourth-order valence-corrected chi connectivity index (χ4v) is 2.62. The molecule has 2 heteroatoms. The van der Waals surface area contributed by atoms with Crippen molar-refractivity contribution < 1.29 is 4.79 Å². The summed E-state index contributed by atoms with van der Waals surface area (Å²) in [4.78, 5) is 12.9. The van der Waals surface area contributed by atoms with Crippen LogP contribution in [0.1, 0.15) is 21.5 Å². The molecular formula is C22H15NO. The van der Waals surface area contributed by atoms with Gasteiger partial charge in [-0.15, -0.1) is 0 Å². The van der Waals surface area contributed by atoms with Gasteiger partial charge in [0.15, 0.2) is 0 Å². The van der Waals surface area contributed by atoms with E-state index in [0.29, 0.717) is 11.1 Å². The molecule has 0 atom stereocenters. The Morgan fingerprint density at radius 3 is 1.38 bits per heavy atom. The van der Waals surface area contributed by atoms with E-state index in [2.05, 4.69) is 6.07 Å². The highest BCUT2D eigenvalue weighted by Crippen LogP contribution is 2.28. The lowest BCUT2D eigenvalue weighted by atomic mass is 9.90. The number of carbonyl (C=O) groups is 1. The number of hydrogen-bond acceptors (Lipinski definition) is 2. The van der Waals surface area contributed by atoms with Crippen LogP contribution in [0.4, 0.5) is 0 Å². The number of benzene rings is 3. The summed E-state index contributed by atoms with van der Waals surface area (Å²) in [5, 5.41) is 9.72. The molecule has 0 unspecified atom stereocenters. The van der Waals surface area contributed by atoms with Gasteiger partial charge in [-0.2, -0.15) is 5.26 Å². The van der Waals surface area contributed by atoms with Gasteiger partial charge in [0.2, 0.25) is 5.78 Å². The first kappa shape index (κ1) is 15.5. The topological polar surface area (TPSA) is 40.9 Å². The molecule has 0 N–H and O–H groups in total. The van der Waals surface area contributed by atoms with Crippen molar-refractivity contribution in [3.05, 3.63) is 113 Å². The first-order valence-electron chi connectivity index (χ1n) is 7.66. The Kier molecular flexibility index (Phi) is 4.65. The van der Waals surface area contributed by atoms with Crippen molar-refractivity contribution in [2.75, 3.05) is 0 Å². The molecule has 24 heavy (non-hydrogen) atoms. The van der Waals surface area contributed by atoms with Gasteiger partial charge in [-0.25, -0.2) is 0 Å². The molecule has 3 rings (SSSR count). The zero-order chi connectivity index (χ0) is 16.8. The second kappa shape index (κ2) is 7.21. The molecule has 0 aliphatic heterocycles. The third kappa shape index (κ3) is 3.16. The van der Waals surface area contributed by atoms with Crippen LogP contribution < -0.4 is 0 Å². The first-order chi connectivity index (χ1) is 11.8. The second-order valence-electron chi connectivity index (χ2n) is 5.29. The van der Waals surface area contributed by atoms with Gasteiger partial charge in [-0.1, -0.05) is 91.0 Å². The molecule has 0 amide bonds. The minimum atomic E-state index is -0.263. The monoisotopic (exact) mass is 309 g/mol. The average molecular weight is 309 g/mol. The van der Waals surface area contributed by atoms with Gasteiger partial charge in [-0.3, -0.25) is 4.79 Å². The van der Waals surface area contributed by atoms with E-state index in [1.54, 1.807) is 24.3 Å². The fourth-order valence-electron chi connectivity index (χ4n) is 2.62. The second-order valence-corrected chi connectivity index (χ2v) is 5.29. The molecule has 0 spiro atoms. The van der Waals surface area contributed by atoms with E-state index in [-0.39, 0.29) is 11.4 Å². The number of hydrogen-bond donors (Lipinski definition) is 0. The van der Waals surface area contributed by atoms with Gasteiger partial charge in [0.25, 0.3) is 0 Å². The van der Waals surface area contributed by atoms with Gasteiger partial charge in [0, 0.05) is 11.1 Å². The number of nitrogens with zero attached hydrogens (tertiary/aromatic N) is 1. The van der Waals surface area contributed by atoms with E-state index in [0.717, 1.165) is 11.1 Å². The predicted octanol–water partition coefficient (Wildman–Crippen LogP) is 4.89. The minimum Gasteiger partial charge on any atom is -0.288 e. The lowest BCUT2D eigenvalue weighted by Crippen LogP contribution is -2.06. The first-order valence-corrected chi connectivity index (χ1v) is 7.66. The van der Waals surface area contributed by atoms with Crippen molar-refractivity contribution in [1.82, 2.24) is 0 Å². The van der Waals surface area contributed by atoms with Crippen LogP contribution in [0.2, 0.25) is 0 Å². The molecule has 0 bridgehead atoms. The lowest BCUT2D eigenvalue weighted by molar-refractivity contribution is 0.103. The maximum atomic E-state index is 12.9. The summed E-state index contributed by atoms with van der Waals surface area (Å²) in [5.74, 6) is -0.263. The third-order valence-corrected chi connectivity index (χ3v) is 3.75. The van der Waals surface area contributed by atoms with Crippen LogP contribution in [-0.4, -0.2) is 5.78 Å². The van der Waals surface area contributed by atoms with E-state index in [9.17, 15) is 10.1 Å². The highest BCUT2D eigenvalue weighted by atomic mass is 16.1. The zero-order valence-corrected chi connectivity index (χ0v) is 13.0. The van der Waals surface area contributed by atoms with E-state index in [1.807, 2.05) is 66.7 Å². The van der Waals surface area contributed by atoms with Crippen molar-refractivity contribution >= 4 is 11.4 Å². The highest BCUT2D eigenvalue weighted by Gasteiger charge is 2.19. The lowest BCUT2D eigenvalue weighted by Gasteiger charge is -2.11. The molecule has 0 radical (unpaired) electrons. The van der Waals surface area contributed by atoms with Crippen molar-refractivity contribution in [2.45, 2.75) is 0 Å². The van der Waals surface area contributed by atoms with Crippen molar-refractivity contribution in [3.63, 3.8) is 0 Å². The van der Waals surface area contributed by atoms with Crippen molar-refractivity contribution in [2.24, 2.45) is 0 Å². The zero-order valence-electron chi connectivity index (χ0n) is 13.0. The summed E-state index contributed by atoms with van der Waals surface area (Å²) in [6.07, 6.45) is 0. The van der Waals surface area contributed by atoms with Gasteiger partial charge in [0.05, 0.1) is 0 Å². The maximum Gasteiger partial charge on any atom is 0.204 e. The molecule has 0 aromatic heterocycles. The van der Waals surface area contributed by atoms with Gasteiger partial charge in [0.1, 0.15) is 11.6 Å². The summed E-state index contributed by atoms with van der Waals surface area (Å²) in [6, 6.07) is 30.1. The SMILES string of the molecule is N#CC(C(=O)c1ccccc1)=C(c1ccccc1)c1ccccc1. The smallest absolute Gasteiger partial charge is 0.204 e. The van der Waals surface area contributed by atoms with Crippen LogP contribution in [-0.2, 0) is 0 Å². The molecule has 3 aromatic rings. The van der Waals surface area contributed by atoms with Crippen LogP contribution in [0.15, 0.2) is 96.6 Å². The maximum absolute atomic E-state index is 12.9. The standard InChI is InChI=1S/C22H15NO/c23-16-20(22(24)19-14-8-3-9-15-19)21(17-10-4-1-5-11-17)18-12-6-2-7-13-18/h1-15H. The number of Topliss-reactive ketones (excluding diaryl/α,β-unsaturated/α-hetero) is 1. The Morgan fingerprint density at radius 2 is 1.00 bits per heavy atom. The summed E-state index contributed by atoms with van der Waals surface area (Å²) in [5.41, 5.74) is 3.03. The van der Waals surface area contributed by atoms with Gasteiger partial charge in [-0.05, 0) is 11.1 Å². The van der Waals surface area contributed by atoms with Crippen LogP contribution in [0, 0.1) is 11.3 Å². The third-order valence-electron chi connectivity index (χ3n) is 3.75. The molecule has 2 nitrogen and oxygen atoms in total. The molecule has 0 heterocycles. The molecule has 114 valence electrons. The molecule has 3 aromatic carbocycles. The summed E-state index contributed by atoms with van der Waals surface area (Å²) in [7, 11) is 0. The number of carbonyl (C=O) groups excluding carboxylic acids is 1. The normalized spacial score (nSPS) is 9.79. The summed E-state index contributed by atoms with van der Waals surface area (Å²) < 4.78 is 0. The van der Waals surface area contributed by atoms with Crippen LogP contribution in [0.5, 0.6) is 0 Å². The average Bonchev–Trinajstić information content (AvgIpc) is 2.67. The highest BCUT2D eigenvalue weighted by molar-refractivity contribution is 6.17. The Balaban J connectivity index is 2.24. The Labute approximate surface area is 141 Å². The number of allylic oxidation sites excluding steroid dienone is 1. The van der Waals surface area contributed by atoms with Gasteiger partial charge < -0.3 is 0 Å². The number of rotatable bonds is 4. The quantitative estimate of drug-likeness (QED) is 0.391. The summed E-state index contributed by atoms with van der Waals surface area (Å²) >= 11 is 0. The summed E-state index contributed by atoms with van der Waals surface area (Å²) in [6.45, 7) is 0. The molecule has 0 aliphatic carbocycles. The fraction of sp³-hybridized carbons (Fsp3) is 0. The molecular weight excluding hydrogens is 294 g/mol. The predicted molar refractivity (Wildman–Crippen MR) is 95.3 cm³/mol. The van der Waals surface area contributed by atoms with E-state index < -0.39 is 0 Å². The number of ketones is 1.